The van der Waals surface area contributed by atoms with Gasteiger partial charge in [-0.25, -0.2) is 4.98 Å². The Morgan fingerprint density at radius 3 is 2.73 bits per heavy atom. The highest BCUT2D eigenvalue weighted by Crippen LogP contribution is 2.49. The second kappa shape index (κ2) is 5.47. The summed E-state index contributed by atoms with van der Waals surface area (Å²) < 4.78 is 43.5. The highest BCUT2D eigenvalue weighted by Gasteiger charge is 2.49. The van der Waals surface area contributed by atoms with Crippen molar-refractivity contribution in [3.05, 3.63) is 48.6 Å². The zero-order chi connectivity index (χ0) is 15.7. The summed E-state index contributed by atoms with van der Waals surface area (Å²) in [5.41, 5.74) is 0. The average molecular weight is 310 g/mol. The summed E-state index contributed by atoms with van der Waals surface area (Å²) in [5, 5.41) is 0. The molecule has 0 aromatic carbocycles. The van der Waals surface area contributed by atoms with Gasteiger partial charge in [-0.3, -0.25) is 9.69 Å². The Hall–Kier alpha value is -2.31. The molecule has 0 bridgehead atoms. The van der Waals surface area contributed by atoms with E-state index in [1.807, 2.05) is 0 Å². The van der Waals surface area contributed by atoms with Gasteiger partial charge in [0.2, 0.25) is 5.91 Å². The van der Waals surface area contributed by atoms with E-state index in [2.05, 4.69) is 4.98 Å². The Morgan fingerprint density at radius 1 is 1.32 bits per heavy atom. The molecule has 2 unspecified atom stereocenters. The summed E-state index contributed by atoms with van der Waals surface area (Å²) in [6, 6.07) is 7.96. The number of halogens is 3. The summed E-state index contributed by atoms with van der Waals surface area (Å²) in [5.74, 6) is -0.573. The van der Waals surface area contributed by atoms with Gasteiger partial charge in [-0.05, 0) is 30.7 Å². The number of anilines is 1. The van der Waals surface area contributed by atoms with Crippen molar-refractivity contribution in [3.63, 3.8) is 0 Å². The molecule has 2 aromatic rings. The fourth-order valence-electron chi connectivity index (χ4n) is 2.45. The molecule has 116 valence electrons. The van der Waals surface area contributed by atoms with E-state index >= 15 is 0 Å². The third-order valence-electron chi connectivity index (χ3n) is 3.55. The van der Waals surface area contributed by atoms with Crippen LogP contribution < -0.4 is 4.90 Å². The van der Waals surface area contributed by atoms with Crippen LogP contribution in [0.2, 0.25) is 0 Å². The minimum Gasteiger partial charge on any atom is -0.469 e. The number of pyridine rings is 1. The summed E-state index contributed by atoms with van der Waals surface area (Å²) in [6.45, 7) is -1.34. The molecule has 1 aliphatic rings. The zero-order valence-corrected chi connectivity index (χ0v) is 11.5. The molecule has 4 nitrogen and oxygen atoms in total. The van der Waals surface area contributed by atoms with Crippen molar-refractivity contribution in [3.8, 4) is 0 Å². The predicted molar refractivity (Wildman–Crippen MR) is 72.2 cm³/mol. The molecular weight excluding hydrogens is 297 g/mol. The number of alkyl halides is 3. The van der Waals surface area contributed by atoms with E-state index in [4.69, 9.17) is 4.42 Å². The van der Waals surface area contributed by atoms with Crippen molar-refractivity contribution in [1.29, 1.82) is 0 Å². The second-order valence-corrected chi connectivity index (χ2v) is 5.19. The van der Waals surface area contributed by atoms with Gasteiger partial charge in [-0.1, -0.05) is 6.07 Å². The van der Waals surface area contributed by atoms with E-state index < -0.39 is 24.5 Å². The summed E-state index contributed by atoms with van der Waals surface area (Å²) in [4.78, 5) is 17.0. The van der Waals surface area contributed by atoms with E-state index in [0.29, 0.717) is 17.1 Å². The first-order chi connectivity index (χ1) is 10.5. The molecule has 0 N–H and O–H groups in total. The summed E-state index contributed by atoms with van der Waals surface area (Å²) >= 11 is 0. The number of rotatable bonds is 4. The molecule has 22 heavy (non-hydrogen) atoms. The largest absolute Gasteiger partial charge is 0.469 e. The second-order valence-electron chi connectivity index (χ2n) is 5.19. The van der Waals surface area contributed by atoms with E-state index in [-0.39, 0.29) is 11.7 Å². The first-order valence-electron chi connectivity index (χ1n) is 6.78. The monoisotopic (exact) mass is 310 g/mol. The van der Waals surface area contributed by atoms with Crippen molar-refractivity contribution in [2.24, 2.45) is 5.92 Å². The van der Waals surface area contributed by atoms with Crippen molar-refractivity contribution in [1.82, 2.24) is 4.98 Å². The molecule has 1 saturated carbocycles. The fourth-order valence-corrected chi connectivity index (χ4v) is 2.45. The lowest BCUT2D eigenvalue weighted by molar-refractivity contribution is -0.133. The van der Waals surface area contributed by atoms with Crippen LogP contribution in [0.25, 0.3) is 0 Å². The quantitative estimate of drug-likeness (QED) is 0.870. The molecule has 0 spiro atoms. The zero-order valence-electron chi connectivity index (χ0n) is 11.5. The van der Waals surface area contributed by atoms with Crippen LogP contribution >= 0.6 is 0 Å². The maximum atomic E-state index is 12.8. The van der Waals surface area contributed by atoms with Crippen molar-refractivity contribution >= 4 is 11.7 Å². The minimum absolute atomic E-state index is 0.00919. The molecule has 0 aliphatic heterocycles. The van der Waals surface area contributed by atoms with Gasteiger partial charge in [-0.15, -0.1) is 0 Å². The lowest BCUT2D eigenvalue weighted by Crippen LogP contribution is -2.40. The number of carbonyl (C=O) groups is 1. The molecular formula is C15H13F3N2O2. The van der Waals surface area contributed by atoms with Crippen LogP contribution in [0.5, 0.6) is 0 Å². The number of hydrogen-bond acceptors (Lipinski definition) is 3. The van der Waals surface area contributed by atoms with Gasteiger partial charge >= 0.3 is 6.18 Å². The van der Waals surface area contributed by atoms with E-state index in [9.17, 15) is 18.0 Å². The van der Waals surface area contributed by atoms with Gasteiger partial charge in [0, 0.05) is 18.0 Å². The highest BCUT2D eigenvalue weighted by molar-refractivity contribution is 5.96. The Labute approximate surface area is 124 Å². The number of furan rings is 1. The van der Waals surface area contributed by atoms with Gasteiger partial charge in [0.1, 0.15) is 18.1 Å². The number of hydrogen-bond donors (Lipinski definition) is 0. The topological polar surface area (TPSA) is 46.3 Å². The Morgan fingerprint density at radius 2 is 2.14 bits per heavy atom. The van der Waals surface area contributed by atoms with Gasteiger partial charge in [0.15, 0.2) is 0 Å². The molecule has 2 heterocycles. The van der Waals surface area contributed by atoms with Gasteiger partial charge in [-0.2, -0.15) is 13.2 Å². The van der Waals surface area contributed by atoms with Crippen LogP contribution in [-0.4, -0.2) is 23.6 Å². The molecule has 1 amide bonds. The van der Waals surface area contributed by atoms with Crippen LogP contribution in [0.15, 0.2) is 47.2 Å². The molecule has 1 aliphatic carbocycles. The predicted octanol–water partition coefficient (Wildman–Crippen LogP) is 3.37. The standard InChI is InChI=1S/C15H13F3N2O2/c16-15(17,18)9-20(13-5-1-2-6-19-13)14(21)11-8-10(11)12-4-3-7-22-12/h1-7,10-11H,8-9H2. The normalized spacial score (nSPS) is 20.7. The SMILES string of the molecule is O=C(C1CC1c1ccco1)N(CC(F)(F)F)c1ccccn1. The van der Waals surface area contributed by atoms with Crippen LogP contribution in [0.4, 0.5) is 19.0 Å². The molecule has 0 radical (unpaired) electrons. The third kappa shape index (κ3) is 3.13. The maximum absolute atomic E-state index is 12.8. The number of aromatic nitrogens is 1. The number of nitrogens with zero attached hydrogens (tertiary/aromatic N) is 2. The number of amides is 1. The maximum Gasteiger partial charge on any atom is 0.406 e. The van der Waals surface area contributed by atoms with Crippen molar-refractivity contribution in [2.45, 2.75) is 18.5 Å². The van der Waals surface area contributed by atoms with E-state index in [1.54, 1.807) is 24.3 Å². The lowest BCUT2D eigenvalue weighted by Gasteiger charge is -2.23. The summed E-state index contributed by atoms with van der Waals surface area (Å²) in [6.07, 6.45) is -1.14. The van der Waals surface area contributed by atoms with Crippen LogP contribution in [0.3, 0.4) is 0 Å². The highest BCUT2D eigenvalue weighted by atomic mass is 19.4. The molecule has 2 aromatic heterocycles. The average Bonchev–Trinajstić information content (AvgIpc) is 3.09. The van der Waals surface area contributed by atoms with Gasteiger partial charge < -0.3 is 4.42 Å². The van der Waals surface area contributed by atoms with E-state index in [0.717, 1.165) is 0 Å². The van der Waals surface area contributed by atoms with Crippen LogP contribution in [0, 0.1) is 5.92 Å². The molecule has 0 saturated heterocycles. The fraction of sp³-hybridized carbons (Fsp3) is 0.333. The molecule has 2 atom stereocenters. The van der Waals surface area contributed by atoms with Crippen LogP contribution in [-0.2, 0) is 4.79 Å². The van der Waals surface area contributed by atoms with Gasteiger partial charge in [0.05, 0.1) is 6.26 Å². The Kier molecular flexibility index (Phi) is 3.64. The Bertz CT molecular complexity index is 641. The first kappa shape index (κ1) is 14.6. The van der Waals surface area contributed by atoms with Crippen LogP contribution in [0.1, 0.15) is 18.1 Å². The molecule has 1 fully saturated rings. The van der Waals surface area contributed by atoms with E-state index in [1.165, 1.54) is 18.5 Å². The number of carbonyl (C=O) groups excluding carboxylic acids is 1. The Balaban J connectivity index is 1.79. The third-order valence-corrected chi connectivity index (χ3v) is 3.55. The minimum atomic E-state index is -4.48. The molecule has 3 rings (SSSR count). The molecule has 7 heteroatoms. The smallest absolute Gasteiger partial charge is 0.406 e. The first-order valence-corrected chi connectivity index (χ1v) is 6.78. The van der Waals surface area contributed by atoms with Crippen molar-refractivity contribution in [2.75, 3.05) is 11.4 Å². The summed E-state index contributed by atoms with van der Waals surface area (Å²) in [7, 11) is 0. The van der Waals surface area contributed by atoms with Crippen molar-refractivity contribution < 1.29 is 22.4 Å². The lowest BCUT2D eigenvalue weighted by atomic mass is 10.2. The van der Waals surface area contributed by atoms with Gasteiger partial charge in [0.25, 0.3) is 0 Å².